The highest BCUT2D eigenvalue weighted by molar-refractivity contribution is 6.35. The van der Waals surface area contributed by atoms with E-state index in [-0.39, 0.29) is 0 Å². The number of para-hydroxylation sites is 1. The Morgan fingerprint density at radius 1 is 1.00 bits per heavy atom. The number of halogens is 2. The van der Waals surface area contributed by atoms with E-state index in [9.17, 15) is 0 Å². The zero-order valence-corrected chi connectivity index (χ0v) is 17.8. The van der Waals surface area contributed by atoms with Gasteiger partial charge in [0.25, 0.3) is 0 Å². The number of allylic oxidation sites excluding steroid dienone is 1. The molecule has 0 spiro atoms. The Labute approximate surface area is 181 Å². The molecule has 1 N–H and O–H groups in total. The van der Waals surface area contributed by atoms with E-state index >= 15 is 0 Å². The summed E-state index contributed by atoms with van der Waals surface area (Å²) in [6, 6.07) is 19.5. The normalized spacial score (nSPS) is 10.4. The molecular weight excluding hydrogens is 405 g/mol. The first kappa shape index (κ1) is 21.1. The van der Waals surface area contributed by atoms with Gasteiger partial charge in [0, 0.05) is 33.4 Å². The smallest absolute Gasteiger partial charge is 0.165 e. The lowest BCUT2D eigenvalue weighted by molar-refractivity contribution is 0.282. The molecule has 0 aromatic heterocycles. The number of rotatable bonds is 9. The van der Waals surface area contributed by atoms with Crippen LogP contribution < -0.4 is 14.8 Å². The number of methoxy groups -OCH3 is 1. The van der Waals surface area contributed by atoms with Crippen LogP contribution in [-0.4, -0.2) is 7.11 Å². The molecule has 150 valence electrons. The van der Waals surface area contributed by atoms with Crippen LogP contribution in [-0.2, 0) is 19.6 Å². The van der Waals surface area contributed by atoms with Crippen molar-refractivity contribution in [3.63, 3.8) is 0 Å². The second kappa shape index (κ2) is 10.2. The molecule has 5 heteroatoms. The molecule has 0 aliphatic heterocycles. The van der Waals surface area contributed by atoms with E-state index < -0.39 is 0 Å². The van der Waals surface area contributed by atoms with E-state index in [0.29, 0.717) is 41.1 Å². The van der Waals surface area contributed by atoms with Crippen molar-refractivity contribution in [3.05, 3.63) is 100 Å². The molecule has 0 aliphatic carbocycles. The van der Waals surface area contributed by atoms with Gasteiger partial charge < -0.3 is 14.8 Å². The quantitative estimate of drug-likeness (QED) is 0.375. The highest BCUT2D eigenvalue weighted by Crippen LogP contribution is 2.35. The third kappa shape index (κ3) is 5.69. The minimum atomic E-state index is 0.318. The van der Waals surface area contributed by atoms with E-state index in [1.807, 2.05) is 48.5 Å². The molecule has 0 aliphatic rings. The van der Waals surface area contributed by atoms with Crippen molar-refractivity contribution in [2.75, 3.05) is 12.4 Å². The van der Waals surface area contributed by atoms with E-state index in [0.717, 1.165) is 22.4 Å². The summed E-state index contributed by atoms with van der Waals surface area (Å²) in [5, 5.41) is 4.59. The monoisotopic (exact) mass is 427 g/mol. The Morgan fingerprint density at radius 3 is 2.48 bits per heavy atom. The first-order valence-corrected chi connectivity index (χ1v) is 10.0. The molecule has 0 saturated carbocycles. The van der Waals surface area contributed by atoms with Gasteiger partial charge in [-0.25, -0.2) is 0 Å². The summed E-state index contributed by atoms with van der Waals surface area (Å²) in [5.74, 6) is 1.38. The van der Waals surface area contributed by atoms with Gasteiger partial charge in [0.15, 0.2) is 11.5 Å². The van der Waals surface area contributed by atoms with Crippen molar-refractivity contribution in [3.8, 4) is 11.5 Å². The van der Waals surface area contributed by atoms with Crippen LogP contribution in [0, 0.1) is 0 Å². The lowest BCUT2D eigenvalue weighted by atomic mass is 10.1. The predicted octanol–water partition coefficient (Wildman–Crippen LogP) is 6.92. The fourth-order valence-electron chi connectivity index (χ4n) is 3.00. The number of anilines is 1. The molecule has 0 saturated heterocycles. The van der Waals surface area contributed by atoms with Gasteiger partial charge in [-0.2, -0.15) is 0 Å². The lowest BCUT2D eigenvalue weighted by Crippen LogP contribution is -2.05. The Bertz CT molecular complexity index is 974. The van der Waals surface area contributed by atoms with Crippen LogP contribution in [0.25, 0.3) is 0 Å². The largest absolute Gasteiger partial charge is 0.493 e. The van der Waals surface area contributed by atoms with Gasteiger partial charge in [0.1, 0.15) is 6.61 Å². The van der Waals surface area contributed by atoms with Gasteiger partial charge in [0.2, 0.25) is 0 Å². The van der Waals surface area contributed by atoms with E-state index in [1.54, 1.807) is 19.2 Å². The zero-order valence-electron chi connectivity index (χ0n) is 16.3. The zero-order chi connectivity index (χ0) is 20.6. The van der Waals surface area contributed by atoms with Crippen LogP contribution in [0.4, 0.5) is 5.69 Å². The molecule has 0 unspecified atom stereocenters. The minimum absolute atomic E-state index is 0.318. The average Bonchev–Trinajstić information content (AvgIpc) is 2.73. The molecule has 0 amide bonds. The first-order chi connectivity index (χ1) is 14.1. The molecule has 3 aromatic rings. The summed E-state index contributed by atoms with van der Waals surface area (Å²) in [5.41, 5.74) is 4.03. The average molecular weight is 428 g/mol. The van der Waals surface area contributed by atoms with Crippen LogP contribution in [0.3, 0.4) is 0 Å². The minimum Gasteiger partial charge on any atom is -0.493 e. The molecular formula is C24H23Cl2NO2. The molecule has 3 nitrogen and oxygen atoms in total. The van der Waals surface area contributed by atoms with Crippen LogP contribution in [0.1, 0.15) is 16.7 Å². The molecule has 29 heavy (non-hydrogen) atoms. The van der Waals surface area contributed by atoms with Crippen LogP contribution in [0.15, 0.2) is 73.3 Å². The van der Waals surface area contributed by atoms with E-state index in [1.165, 1.54) is 0 Å². The number of benzene rings is 3. The molecule has 3 rings (SSSR count). The highest BCUT2D eigenvalue weighted by atomic mass is 35.5. The van der Waals surface area contributed by atoms with Crippen molar-refractivity contribution in [2.45, 2.75) is 19.6 Å². The maximum Gasteiger partial charge on any atom is 0.165 e. The molecule has 0 fully saturated rings. The second-order valence-electron chi connectivity index (χ2n) is 6.52. The van der Waals surface area contributed by atoms with Crippen molar-refractivity contribution < 1.29 is 9.47 Å². The Morgan fingerprint density at radius 2 is 1.79 bits per heavy atom. The maximum absolute atomic E-state index is 6.27. The number of nitrogens with one attached hydrogen (secondary N) is 1. The van der Waals surface area contributed by atoms with E-state index in [2.05, 4.69) is 18.0 Å². The van der Waals surface area contributed by atoms with Crippen LogP contribution >= 0.6 is 23.2 Å². The summed E-state index contributed by atoms with van der Waals surface area (Å²) in [4.78, 5) is 0. The van der Waals surface area contributed by atoms with Gasteiger partial charge in [-0.15, -0.1) is 6.58 Å². The summed E-state index contributed by atoms with van der Waals surface area (Å²) in [6.45, 7) is 4.86. The Hall–Kier alpha value is -2.62. The van der Waals surface area contributed by atoms with E-state index in [4.69, 9.17) is 32.7 Å². The Kier molecular flexibility index (Phi) is 7.45. The van der Waals surface area contributed by atoms with Crippen molar-refractivity contribution in [1.29, 1.82) is 0 Å². The second-order valence-corrected chi connectivity index (χ2v) is 7.37. The molecule has 0 atom stereocenters. The molecule has 0 bridgehead atoms. The summed E-state index contributed by atoms with van der Waals surface area (Å²) >= 11 is 12.3. The molecule has 3 aromatic carbocycles. The van der Waals surface area contributed by atoms with Gasteiger partial charge in [-0.05, 0) is 48.4 Å². The fraction of sp³-hybridized carbons (Fsp3) is 0.167. The first-order valence-electron chi connectivity index (χ1n) is 9.27. The lowest BCUT2D eigenvalue weighted by Gasteiger charge is -2.17. The maximum atomic E-state index is 6.27. The number of ether oxygens (including phenoxy) is 2. The Balaban J connectivity index is 1.82. The van der Waals surface area contributed by atoms with Gasteiger partial charge in [-0.1, -0.05) is 53.5 Å². The van der Waals surface area contributed by atoms with Crippen molar-refractivity contribution >= 4 is 28.9 Å². The number of hydrogen-bond donors (Lipinski definition) is 1. The third-order valence-corrected chi connectivity index (χ3v) is 5.02. The fourth-order valence-corrected chi connectivity index (χ4v) is 3.46. The predicted molar refractivity (Wildman–Crippen MR) is 121 cm³/mol. The molecule has 0 heterocycles. The van der Waals surface area contributed by atoms with Crippen molar-refractivity contribution in [1.82, 2.24) is 0 Å². The summed E-state index contributed by atoms with van der Waals surface area (Å²) in [6.07, 6.45) is 2.52. The van der Waals surface area contributed by atoms with Gasteiger partial charge in [-0.3, -0.25) is 0 Å². The van der Waals surface area contributed by atoms with Crippen LogP contribution in [0.5, 0.6) is 11.5 Å². The molecule has 0 radical (unpaired) electrons. The highest BCUT2D eigenvalue weighted by Gasteiger charge is 2.14. The topological polar surface area (TPSA) is 30.5 Å². The van der Waals surface area contributed by atoms with Crippen LogP contribution in [0.2, 0.25) is 10.0 Å². The number of hydrogen-bond acceptors (Lipinski definition) is 3. The summed E-state index contributed by atoms with van der Waals surface area (Å²) < 4.78 is 11.7. The third-order valence-electron chi connectivity index (χ3n) is 4.43. The van der Waals surface area contributed by atoms with Crippen molar-refractivity contribution in [2.24, 2.45) is 0 Å². The SMILES string of the molecule is C=CCc1cc(CNc2ccccc2)cc(OC)c1OCc1ccc(Cl)cc1Cl. The standard InChI is InChI=1S/C24H23Cl2NO2/c1-3-7-18-12-17(15-27-21-8-5-4-6-9-21)13-23(28-2)24(18)29-16-19-10-11-20(25)14-22(19)26/h3-6,8-14,27H,1,7,15-16H2,2H3. The van der Waals surface area contributed by atoms with Gasteiger partial charge >= 0.3 is 0 Å². The summed E-state index contributed by atoms with van der Waals surface area (Å²) in [7, 11) is 1.64. The van der Waals surface area contributed by atoms with Gasteiger partial charge in [0.05, 0.1) is 7.11 Å².